The molecule has 0 aliphatic heterocycles. The van der Waals surface area contributed by atoms with Gasteiger partial charge in [-0.1, -0.05) is 0 Å². The Labute approximate surface area is 111 Å². The van der Waals surface area contributed by atoms with Crippen molar-refractivity contribution in [2.75, 3.05) is 12.8 Å². The first-order chi connectivity index (χ1) is 9.06. The number of nitrogens with two attached hydrogens (primary N) is 1. The Morgan fingerprint density at radius 3 is 2.68 bits per heavy atom. The summed E-state index contributed by atoms with van der Waals surface area (Å²) in [5.41, 5.74) is 8.29. The van der Waals surface area contributed by atoms with Crippen molar-refractivity contribution in [3.05, 3.63) is 40.2 Å². The van der Waals surface area contributed by atoms with Gasteiger partial charge in [0.05, 0.1) is 12.8 Å². The molecule has 2 N–H and O–H groups in total. The summed E-state index contributed by atoms with van der Waals surface area (Å²) in [4.78, 5) is 11.7. The van der Waals surface area contributed by atoms with Gasteiger partial charge in [0, 0.05) is 12.1 Å². The maximum atomic E-state index is 11.7. The molecule has 5 heteroatoms. The van der Waals surface area contributed by atoms with Gasteiger partial charge in [0.2, 0.25) is 0 Å². The van der Waals surface area contributed by atoms with Crippen LogP contribution in [0.15, 0.2) is 29.1 Å². The smallest absolute Gasteiger partial charge is 0.289 e. The van der Waals surface area contributed by atoms with Crippen LogP contribution in [0.4, 0.5) is 5.69 Å². The minimum atomic E-state index is -0.253. The SMILES string of the molecule is CCn1nc(-c2ccc(OC)c(C)c2)cc(N)c1=O. The molecule has 5 nitrogen and oxygen atoms in total. The van der Waals surface area contributed by atoms with Crippen LogP contribution in [0.1, 0.15) is 12.5 Å². The number of aromatic nitrogens is 2. The fraction of sp³-hybridized carbons (Fsp3) is 0.286. The van der Waals surface area contributed by atoms with E-state index < -0.39 is 0 Å². The van der Waals surface area contributed by atoms with Crippen molar-refractivity contribution >= 4 is 5.69 Å². The van der Waals surface area contributed by atoms with E-state index in [9.17, 15) is 4.79 Å². The topological polar surface area (TPSA) is 70.1 Å². The minimum absolute atomic E-state index is 0.209. The van der Waals surface area contributed by atoms with Gasteiger partial charge >= 0.3 is 0 Å². The second kappa shape index (κ2) is 5.14. The molecule has 0 bridgehead atoms. The lowest BCUT2D eigenvalue weighted by Gasteiger charge is -2.09. The van der Waals surface area contributed by atoms with Crippen LogP contribution in [0, 0.1) is 6.92 Å². The van der Waals surface area contributed by atoms with E-state index in [0.717, 1.165) is 16.9 Å². The fourth-order valence-corrected chi connectivity index (χ4v) is 1.96. The van der Waals surface area contributed by atoms with Gasteiger partial charge in [-0.2, -0.15) is 5.10 Å². The van der Waals surface area contributed by atoms with Crippen molar-refractivity contribution in [2.24, 2.45) is 0 Å². The second-order valence-electron chi connectivity index (χ2n) is 4.29. The molecule has 0 saturated carbocycles. The zero-order valence-electron chi connectivity index (χ0n) is 11.3. The molecule has 1 aromatic heterocycles. The van der Waals surface area contributed by atoms with Crippen LogP contribution >= 0.6 is 0 Å². The summed E-state index contributed by atoms with van der Waals surface area (Å²) < 4.78 is 6.59. The van der Waals surface area contributed by atoms with Gasteiger partial charge in [0.1, 0.15) is 11.4 Å². The van der Waals surface area contributed by atoms with E-state index in [1.165, 1.54) is 4.68 Å². The van der Waals surface area contributed by atoms with E-state index in [-0.39, 0.29) is 11.2 Å². The molecule has 0 atom stereocenters. The standard InChI is InChI=1S/C14H17N3O2/c1-4-17-14(18)11(15)8-12(16-17)10-5-6-13(19-3)9(2)7-10/h5-8H,4,15H2,1-3H3. The summed E-state index contributed by atoms with van der Waals surface area (Å²) in [6.45, 7) is 4.31. The molecule has 1 aromatic carbocycles. The van der Waals surface area contributed by atoms with Gasteiger partial charge in [-0.25, -0.2) is 4.68 Å². The number of anilines is 1. The van der Waals surface area contributed by atoms with Gasteiger partial charge in [0.25, 0.3) is 5.56 Å². The molecule has 0 spiro atoms. The summed E-state index contributed by atoms with van der Waals surface area (Å²) >= 11 is 0. The maximum absolute atomic E-state index is 11.7. The molecule has 2 aromatic rings. The predicted molar refractivity (Wildman–Crippen MR) is 75.3 cm³/mol. The molecule has 0 fully saturated rings. The van der Waals surface area contributed by atoms with Gasteiger partial charge < -0.3 is 10.5 Å². The van der Waals surface area contributed by atoms with Crippen LogP contribution < -0.4 is 16.0 Å². The van der Waals surface area contributed by atoms with Gasteiger partial charge in [-0.3, -0.25) is 4.79 Å². The van der Waals surface area contributed by atoms with Gasteiger partial charge in [-0.15, -0.1) is 0 Å². The molecule has 1 heterocycles. The van der Waals surface area contributed by atoms with Crippen LogP contribution in [0.5, 0.6) is 5.75 Å². The number of hydrogen-bond donors (Lipinski definition) is 1. The Hall–Kier alpha value is -2.30. The normalized spacial score (nSPS) is 10.5. The van der Waals surface area contributed by atoms with E-state index in [0.29, 0.717) is 12.2 Å². The Bertz CT molecular complexity index is 662. The van der Waals surface area contributed by atoms with Crippen LogP contribution in [0.2, 0.25) is 0 Å². The molecule has 0 amide bonds. The van der Waals surface area contributed by atoms with E-state index in [2.05, 4.69) is 5.10 Å². The monoisotopic (exact) mass is 259 g/mol. The highest BCUT2D eigenvalue weighted by Crippen LogP contribution is 2.24. The van der Waals surface area contributed by atoms with E-state index in [1.807, 2.05) is 32.0 Å². The number of nitrogen functional groups attached to an aromatic ring is 1. The van der Waals surface area contributed by atoms with Crippen LogP contribution in [-0.2, 0) is 6.54 Å². The fourth-order valence-electron chi connectivity index (χ4n) is 1.96. The van der Waals surface area contributed by atoms with Crippen molar-refractivity contribution in [1.29, 1.82) is 0 Å². The zero-order chi connectivity index (χ0) is 14.0. The lowest BCUT2D eigenvalue weighted by Crippen LogP contribution is -2.24. The van der Waals surface area contributed by atoms with E-state index in [4.69, 9.17) is 10.5 Å². The van der Waals surface area contributed by atoms with Crippen molar-refractivity contribution in [1.82, 2.24) is 9.78 Å². The Morgan fingerprint density at radius 2 is 2.11 bits per heavy atom. The summed E-state index contributed by atoms with van der Waals surface area (Å²) in [7, 11) is 1.63. The molecule has 0 radical (unpaired) electrons. The number of nitrogens with zero attached hydrogens (tertiary/aromatic N) is 2. The van der Waals surface area contributed by atoms with Crippen molar-refractivity contribution in [3.8, 4) is 17.0 Å². The van der Waals surface area contributed by atoms with Crippen molar-refractivity contribution in [3.63, 3.8) is 0 Å². The van der Waals surface area contributed by atoms with Crippen LogP contribution in [0.3, 0.4) is 0 Å². The number of hydrogen-bond acceptors (Lipinski definition) is 4. The highest BCUT2D eigenvalue weighted by Gasteiger charge is 2.08. The number of rotatable bonds is 3. The van der Waals surface area contributed by atoms with Crippen LogP contribution in [-0.4, -0.2) is 16.9 Å². The molecule has 100 valence electrons. The van der Waals surface area contributed by atoms with Crippen molar-refractivity contribution in [2.45, 2.75) is 20.4 Å². The maximum Gasteiger partial charge on any atom is 0.289 e. The first-order valence-electron chi connectivity index (χ1n) is 6.09. The summed E-state index contributed by atoms with van der Waals surface area (Å²) in [6.07, 6.45) is 0. The summed E-state index contributed by atoms with van der Waals surface area (Å²) in [5.74, 6) is 0.820. The van der Waals surface area contributed by atoms with Gasteiger partial charge in [0.15, 0.2) is 0 Å². The summed E-state index contributed by atoms with van der Waals surface area (Å²) in [5, 5.41) is 4.30. The first-order valence-corrected chi connectivity index (χ1v) is 6.09. The lowest BCUT2D eigenvalue weighted by molar-refractivity contribution is 0.412. The molecule has 0 aliphatic carbocycles. The van der Waals surface area contributed by atoms with E-state index in [1.54, 1.807) is 13.2 Å². The Balaban J connectivity index is 2.56. The highest BCUT2D eigenvalue weighted by atomic mass is 16.5. The second-order valence-corrected chi connectivity index (χ2v) is 4.29. The zero-order valence-corrected chi connectivity index (χ0v) is 11.3. The third kappa shape index (κ3) is 2.45. The Kier molecular flexibility index (Phi) is 3.55. The predicted octanol–water partition coefficient (Wildman–Crippen LogP) is 1.83. The number of benzene rings is 1. The first kappa shape index (κ1) is 13.1. The minimum Gasteiger partial charge on any atom is -0.496 e. The third-order valence-electron chi connectivity index (χ3n) is 2.99. The number of methoxy groups -OCH3 is 1. The average molecular weight is 259 g/mol. The average Bonchev–Trinajstić information content (AvgIpc) is 2.41. The van der Waals surface area contributed by atoms with Crippen molar-refractivity contribution < 1.29 is 4.74 Å². The molecule has 0 saturated heterocycles. The van der Waals surface area contributed by atoms with Crippen LogP contribution in [0.25, 0.3) is 11.3 Å². The lowest BCUT2D eigenvalue weighted by atomic mass is 10.1. The molecule has 0 unspecified atom stereocenters. The third-order valence-corrected chi connectivity index (χ3v) is 2.99. The molecule has 0 aliphatic rings. The highest BCUT2D eigenvalue weighted by molar-refractivity contribution is 5.64. The summed E-state index contributed by atoms with van der Waals surface area (Å²) in [6, 6.07) is 7.35. The molecule has 19 heavy (non-hydrogen) atoms. The van der Waals surface area contributed by atoms with E-state index >= 15 is 0 Å². The molecule has 2 rings (SSSR count). The number of ether oxygens (including phenoxy) is 1. The Morgan fingerprint density at radius 1 is 1.37 bits per heavy atom. The largest absolute Gasteiger partial charge is 0.496 e. The molecular formula is C14H17N3O2. The molecular weight excluding hydrogens is 242 g/mol. The quantitative estimate of drug-likeness (QED) is 0.913. The van der Waals surface area contributed by atoms with Gasteiger partial charge in [-0.05, 0) is 43.7 Å². The number of aryl methyl sites for hydroxylation is 2.